The Labute approximate surface area is 155 Å². The fourth-order valence-corrected chi connectivity index (χ4v) is 3.15. The van der Waals surface area contributed by atoms with Crippen LogP contribution < -0.4 is 15.0 Å². The molecule has 4 nitrogen and oxygen atoms in total. The zero-order valence-corrected chi connectivity index (χ0v) is 14.8. The van der Waals surface area contributed by atoms with E-state index in [0.29, 0.717) is 12.5 Å². The SMILES string of the molecule is O=C(COc1ccc(F)cc1Cl)NCC1CCN(c2ccc(F)cc2)C1. The van der Waals surface area contributed by atoms with Gasteiger partial charge in [0.25, 0.3) is 5.91 Å². The Balaban J connectivity index is 1.41. The van der Waals surface area contributed by atoms with Crippen molar-refractivity contribution in [2.45, 2.75) is 6.42 Å². The van der Waals surface area contributed by atoms with Gasteiger partial charge in [0, 0.05) is 25.3 Å². The number of ether oxygens (including phenoxy) is 1. The van der Waals surface area contributed by atoms with E-state index in [4.69, 9.17) is 16.3 Å². The van der Waals surface area contributed by atoms with Crippen molar-refractivity contribution in [1.82, 2.24) is 5.32 Å². The number of halogens is 3. The number of nitrogens with zero attached hydrogens (tertiary/aromatic N) is 1. The first-order valence-electron chi connectivity index (χ1n) is 8.36. The molecule has 1 N–H and O–H groups in total. The van der Waals surface area contributed by atoms with Gasteiger partial charge in [0.05, 0.1) is 5.02 Å². The van der Waals surface area contributed by atoms with Gasteiger partial charge in [0.1, 0.15) is 17.4 Å². The van der Waals surface area contributed by atoms with Crippen LogP contribution in [0.2, 0.25) is 5.02 Å². The maximum atomic E-state index is 13.0. The van der Waals surface area contributed by atoms with Crippen LogP contribution in [-0.2, 0) is 4.79 Å². The molecule has 0 bridgehead atoms. The van der Waals surface area contributed by atoms with Crippen molar-refractivity contribution in [3.05, 3.63) is 59.1 Å². The molecule has 1 aliphatic rings. The lowest BCUT2D eigenvalue weighted by molar-refractivity contribution is -0.123. The maximum Gasteiger partial charge on any atom is 0.257 e. The Bertz CT molecular complexity index is 771. The lowest BCUT2D eigenvalue weighted by Crippen LogP contribution is -2.34. The molecule has 1 fully saturated rings. The predicted octanol–water partition coefficient (Wildman–Crippen LogP) is 3.64. The average molecular weight is 381 g/mol. The molecule has 1 amide bonds. The number of carbonyl (C=O) groups is 1. The Morgan fingerprint density at radius 3 is 2.65 bits per heavy atom. The summed E-state index contributed by atoms with van der Waals surface area (Å²) in [7, 11) is 0. The summed E-state index contributed by atoms with van der Waals surface area (Å²) < 4.78 is 31.3. The molecule has 0 spiro atoms. The smallest absolute Gasteiger partial charge is 0.257 e. The number of anilines is 1. The van der Waals surface area contributed by atoms with Gasteiger partial charge in [-0.25, -0.2) is 8.78 Å². The first-order chi connectivity index (χ1) is 12.5. The lowest BCUT2D eigenvalue weighted by Gasteiger charge is -2.19. The van der Waals surface area contributed by atoms with Crippen LogP contribution in [0.5, 0.6) is 5.75 Å². The summed E-state index contributed by atoms with van der Waals surface area (Å²) in [5.41, 5.74) is 0.981. The number of carbonyl (C=O) groups excluding carboxylic acids is 1. The Kier molecular flexibility index (Phi) is 5.93. The van der Waals surface area contributed by atoms with E-state index in [1.54, 1.807) is 12.1 Å². The number of hydrogen-bond acceptors (Lipinski definition) is 3. The minimum absolute atomic E-state index is 0.128. The minimum atomic E-state index is -0.459. The van der Waals surface area contributed by atoms with Crippen LogP contribution in [0.3, 0.4) is 0 Å². The van der Waals surface area contributed by atoms with E-state index in [2.05, 4.69) is 10.2 Å². The molecule has 3 rings (SSSR count). The molecule has 0 aliphatic carbocycles. The second-order valence-electron chi connectivity index (χ2n) is 6.24. The zero-order valence-electron chi connectivity index (χ0n) is 14.1. The van der Waals surface area contributed by atoms with Gasteiger partial charge in [-0.3, -0.25) is 4.79 Å². The highest BCUT2D eigenvalue weighted by atomic mass is 35.5. The van der Waals surface area contributed by atoms with E-state index in [9.17, 15) is 13.6 Å². The third kappa shape index (κ3) is 4.85. The van der Waals surface area contributed by atoms with Crippen molar-refractivity contribution < 1.29 is 18.3 Å². The van der Waals surface area contributed by atoms with Crippen molar-refractivity contribution in [2.75, 3.05) is 31.1 Å². The number of nitrogens with one attached hydrogen (secondary N) is 1. The Morgan fingerprint density at radius 2 is 1.92 bits per heavy atom. The van der Waals surface area contributed by atoms with Gasteiger partial charge >= 0.3 is 0 Å². The topological polar surface area (TPSA) is 41.6 Å². The van der Waals surface area contributed by atoms with Gasteiger partial charge < -0.3 is 15.0 Å². The standard InChI is InChI=1S/C19H19ClF2N2O2/c20-17-9-15(22)3-6-18(17)26-12-19(25)23-10-13-7-8-24(11-13)16-4-1-14(21)2-5-16/h1-6,9,13H,7-8,10-12H2,(H,23,25). The summed E-state index contributed by atoms with van der Waals surface area (Å²) in [6.45, 7) is 2.03. The summed E-state index contributed by atoms with van der Waals surface area (Å²) in [6.07, 6.45) is 0.947. The first kappa shape index (κ1) is 18.5. The van der Waals surface area contributed by atoms with Crippen molar-refractivity contribution in [3.8, 4) is 5.75 Å². The van der Waals surface area contributed by atoms with E-state index >= 15 is 0 Å². The van der Waals surface area contributed by atoms with E-state index < -0.39 is 5.82 Å². The molecule has 26 heavy (non-hydrogen) atoms. The summed E-state index contributed by atoms with van der Waals surface area (Å²) in [4.78, 5) is 14.1. The second kappa shape index (κ2) is 8.36. The summed E-state index contributed by atoms with van der Waals surface area (Å²) in [5.74, 6) is -0.382. The minimum Gasteiger partial charge on any atom is -0.482 e. The molecule has 138 valence electrons. The van der Waals surface area contributed by atoms with Crippen LogP contribution in [0.15, 0.2) is 42.5 Å². The normalized spacial score (nSPS) is 16.6. The molecule has 1 atom stereocenters. The van der Waals surface area contributed by atoms with Crippen LogP contribution in [0, 0.1) is 17.6 Å². The van der Waals surface area contributed by atoms with Crippen molar-refractivity contribution in [1.29, 1.82) is 0 Å². The maximum absolute atomic E-state index is 13.0. The number of hydrogen-bond donors (Lipinski definition) is 1. The molecule has 0 radical (unpaired) electrons. The Morgan fingerprint density at radius 1 is 1.19 bits per heavy atom. The summed E-state index contributed by atoms with van der Waals surface area (Å²) in [5, 5.41) is 2.97. The van der Waals surface area contributed by atoms with E-state index in [1.807, 2.05) is 0 Å². The van der Waals surface area contributed by atoms with E-state index in [-0.39, 0.29) is 29.1 Å². The monoisotopic (exact) mass is 380 g/mol. The first-order valence-corrected chi connectivity index (χ1v) is 8.74. The van der Waals surface area contributed by atoms with Crippen LogP contribution in [0.1, 0.15) is 6.42 Å². The molecule has 1 heterocycles. The zero-order chi connectivity index (χ0) is 18.5. The molecule has 1 unspecified atom stereocenters. The highest BCUT2D eigenvalue weighted by Crippen LogP contribution is 2.25. The third-order valence-corrected chi connectivity index (χ3v) is 4.61. The molecule has 7 heteroatoms. The van der Waals surface area contributed by atoms with E-state index in [0.717, 1.165) is 31.3 Å². The van der Waals surface area contributed by atoms with Gasteiger partial charge in [0.2, 0.25) is 0 Å². The van der Waals surface area contributed by atoms with Crippen molar-refractivity contribution in [2.24, 2.45) is 5.92 Å². The molecule has 0 saturated carbocycles. The number of benzene rings is 2. The van der Waals surface area contributed by atoms with Crippen LogP contribution >= 0.6 is 11.6 Å². The summed E-state index contributed by atoms with van der Waals surface area (Å²) >= 11 is 5.85. The van der Waals surface area contributed by atoms with Crippen LogP contribution in [0.4, 0.5) is 14.5 Å². The van der Waals surface area contributed by atoms with Gasteiger partial charge in [-0.2, -0.15) is 0 Å². The average Bonchev–Trinajstić information content (AvgIpc) is 3.09. The highest BCUT2D eigenvalue weighted by Gasteiger charge is 2.23. The van der Waals surface area contributed by atoms with Gasteiger partial charge in [-0.1, -0.05) is 11.6 Å². The van der Waals surface area contributed by atoms with E-state index in [1.165, 1.54) is 24.3 Å². The van der Waals surface area contributed by atoms with Gasteiger partial charge in [0.15, 0.2) is 6.61 Å². The highest BCUT2D eigenvalue weighted by molar-refractivity contribution is 6.32. The molecule has 0 aromatic heterocycles. The third-order valence-electron chi connectivity index (χ3n) is 4.32. The molecule has 1 aliphatic heterocycles. The second-order valence-corrected chi connectivity index (χ2v) is 6.65. The summed E-state index contributed by atoms with van der Waals surface area (Å²) in [6, 6.07) is 10.2. The Hall–Kier alpha value is -2.34. The lowest BCUT2D eigenvalue weighted by atomic mass is 10.1. The van der Waals surface area contributed by atoms with Crippen LogP contribution in [-0.4, -0.2) is 32.1 Å². The fourth-order valence-electron chi connectivity index (χ4n) is 2.93. The quantitative estimate of drug-likeness (QED) is 0.832. The molecule has 2 aromatic rings. The predicted molar refractivity (Wildman–Crippen MR) is 96.6 cm³/mol. The van der Waals surface area contributed by atoms with Crippen LogP contribution in [0.25, 0.3) is 0 Å². The molecule has 1 saturated heterocycles. The molecule has 2 aromatic carbocycles. The largest absolute Gasteiger partial charge is 0.482 e. The van der Waals surface area contributed by atoms with Crippen molar-refractivity contribution >= 4 is 23.2 Å². The molecular formula is C19H19ClF2N2O2. The van der Waals surface area contributed by atoms with Gasteiger partial charge in [-0.05, 0) is 54.8 Å². The van der Waals surface area contributed by atoms with Crippen molar-refractivity contribution in [3.63, 3.8) is 0 Å². The number of rotatable bonds is 6. The van der Waals surface area contributed by atoms with Gasteiger partial charge in [-0.15, -0.1) is 0 Å². The fraction of sp³-hybridized carbons (Fsp3) is 0.316. The number of amides is 1. The molecular weight excluding hydrogens is 362 g/mol.